The third kappa shape index (κ3) is 4.20. The first-order chi connectivity index (χ1) is 11.8. The number of sulfonamides is 1. The summed E-state index contributed by atoms with van der Waals surface area (Å²) < 4.78 is 37.1. The Kier molecular flexibility index (Phi) is 6.20. The van der Waals surface area contributed by atoms with Gasteiger partial charge in [0.2, 0.25) is 15.2 Å². The minimum absolute atomic E-state index is 0.162. The molecular formula is C15H22N4O4S2. The van der Waals surface area contributed by atoms with Gasteiger partial charge in [-0.2, -0.15) is 0 Å². The highest BCUT2D eigenvalue weighted by Gasteiger charge is 2.25. The van der Waals surface area contributed by atoms with Crippen LogP contribution in [0.2, 0.25) is 0 Å². The monoisotopic (exact) mass is 386 g/mol. The molecule has 0 atom stereocenters. The van der Waals surface area contributed by atoms with Crippen LogP contribution in [0.3, 0.4) is 0 Å². The molecule has 0 saturated carbocycles. The largest absolute Gasteiger partial charge is 0.493 e. The quantitative estimate of drug-likeness (QED) is 0.740. The first kappa shape index (κ1) is 19.4. The van der Waals surface area contributed by atoms with E-state index in [9.17, 15) is 8.42 Å². The fourth-order valence-electron chi connectivity index (χ4n) is 2.19. The number of rotatable bonds is 8. The van der Waals surface area contributed by atoms with Gasteiger partial charge in [0.05, 0.1) is 19.1 Å². The Morgan fingerprint density at radius 3 is 2.36 bits per heavy atom. The van der Waals surface area contributed by atoms with Crippen molar-refractivity contribution < 1.29 is 17.9 Å². The number of hydrogen-bond acceptors (Lipinski definition) is 8. The molecule has 2 rings (SSSR count). The fourth-order valence-corrected chi connectivity index (χ4v) is 4.13. The zero-order valence-corrected chi connectivity index (χ0v) is 16.5. The van der Waals surface area contributed by atoms with Crippen molar-refractivity contribution in [3.05, 3.63) is 22.7 Å². The third-order valence-electron chi connectivity index (χ3n) is 3.46. The van der Waals surface area contributed by atoms with E-state index in [0.717, 1.165) is 6.54 Å². The van der Waals surface area contributed by atoms with Crippen molar-refractivity contribution in [2.45, 2.75) is 18.2 Å². The molecule has 10 heteroatoms. The molecule has 1 N–H and O–H groups in total. The van der Waals surface area contributed by atoms with Crippen LogP contribution in [0.25, 0.3) is 0 Å². The number of anilines is 1. The molecule has 25 heavy (non-hydrogen) atoms. The number of ether oxygens (including phenoxy) is 2. The van der Waals surface area contributed by atoms with Gasteiger partial charge in [-0.1, -0.05) is 11.3 Å². The van der Waals surface area contributed by atoms with Gasteiger partial charge in [0.25, 0.3) is 0 Å². The van der Waals surface area contributed by atoms with Crippen molar-refractivity contribution >= 4 is 26.5 Å². The van der Waals surface area contributed by atoms with Crippen LogP contribution in [0.4, 0.5) is 5.13 Å². The Morgan fingerprint density at radius 2 is 1.80 bits per heavy atom. The van der Waals surface area contributed by atoms with Gasteiger partial charge in [-0.15, -0.1) is 10.2 Å². The highest BCUT2D eigenvalue weighted by atomic mass is 32.2. The first-order valence-electron chi connectivity index (χ1n) is 7.57. The summed E-state index contributed by atoms with van der Waals surface area (Å²) in [7, 11) is 2.31. The second-order valence-corrected chi connectivity index (χ2v) is 8.49. The molecule has 0 saturated heterocycles. The lowest BCUT2D eigenvalue weighted by Gasteiger charge is -2.17. The number of nitrogens with one attached hydrogen (secondary N) is 1. The summed E-state index contributed by atoms with van der Waals surface area (Å²) in [6.45, 7) is 2.71. The summed E-state index contributed by atoms with van der Waals surface area (Å²) in [6, 6.07) is 3.15. The van der Waals surface area contributed by atoms with Gasteiger partial charge in [0.1, 0.15) is 5.01 Å². The van der Waals surface area contributed by atoms with E-state index >= 15 is 0 Å². The molecule has 0 unspecified atom stereocenters. The number of nitrogens with zero attached hydrogens (tertiary/aromatic N) is 3. The van der Waals surface area contributed by atoms with Crippen molar-refractivity contribution in [2.75, 3.05) is 40.2 Å². The second kappa shape index (κ2) is 7.98. The average Bonchev–Trinajstić information content (AvgIpc) is 3.01. The van der Waals surface area contributed by atoms with E-state index in [1.807, 2.05) is 6.92 Å². The maximum absolute atomic E-state index is 12.7. The smallest absolute Gasteiger partial charge is 0.242 e. The van der Waals surface area contributed by atoms with Crippen LogP contribution in [0.5, 0.6) is 11.5 Å². The molecule has 8 nitrogen and oxygen atoms in total. The molecule has 0 spiro atoms. The van der Waals surface area contributed by atoms with Crippen molar-refractivity contribution in [1.82, 2.24) is 14.5 Å². The van der Waals surface area contributed by atoms with Crippen molar-refractivity contribution in [3.63, 3.8) is 0 Å². The molecule has 0 radical (unpaired) electrons. The Bertz CT molecular complexity index is 834. The van der Waals surface area contributed by atoms with Crippen molar-refractivity contribution in [2.24, 2.45) is 0 Å². The SMILES string of the molecule is CCNc1nnc(Cc2cc(OC)c(OC)cc2S(=O)(=O)N(C)C)s1. The van der Waals surface area contributed by atoms with Crippen molar-refractivity contribution in [3.8, 4) is 11.5 Å². The molecule has 1 heterocycles. The molecule has 0 aliphatic rings. The van der Waals surface area contributed by atoms with Gasteiger partial charge in [-0.3, -0.25) is 0 Å². The summed E-state index contributed by atoms with van der Waals surface area (Å²) in [6.07, 6.45) is 0.325. The van der Waals surface area contributed by atoms with E-state index in [0.29, 0.717) is 33.6 Å². The number of aromatic nitrogens is 2. The van der Waals surface area contributed by atoms with Crippen LogP contribution < -0.4 is 14.8 Å². The first-order valence-corrected chi connectivity index (χ1v) is 9.82. The Hall–Kier alpha value is -1.91. The van der Waals surface area contributed by atoms with Crippen LogP contribution in [0.1, 0.15) is 17.5 Å². The molecule has 0 aliphatic heterocycles. The zero-order chi connectivity index (χ0) is 18.6. The predicted molar refractivity (Wildman–Crippen MR) is 97.3 cm³/mol. The van der Waals surface area contributed by atoms with E-state index in [-0.39, 0.29) is 4.90 Å². The molecule has 0 amide bonds. The van der Waals surface area contributed by atoms with E-state index in [2.05, 4.69) is 15.5 Å². The maximum Gasteiger partial charge on any atom is 0.242 e. The molecular weight excluding hydrogens is 364 g/mol. The van der Waals surface area contributed by atoms with Gasteiger partial charge in [-0.05, 0) is 18.6 Å². The van der Waals surface area contributed by atoms with Gasteiger partial charge >= 0.3 is 0 Å². The van der Waals surface area contributed by atoms with Crippen LogP contribution in [-0.4, -0.2) is 57.8 Å². The molecule has 0 aliphatic carbocycles. The molecule has 1 aromatic carbocycles. The molecule has 138 valence electrons. The molecule has 2 aromatic rings. The summed E-state index contributed by atoms with van der Waals surface area (Å²) in [5.41, 5.74) is 0.575. The summed E-state index contributed by atoms with van der Waals surface area (Å²) >= 11 is 1.39. The minimum Gasteiger partial charge on any atom is -0.493 e. The fraction of sp³-hybridized carbons (Fsp3) is 0.467. The van der Waals surface area contributed by atoms with Gasteiger partial charge in [-0.25, -0.2) is 12.7 Å². The minimum atomic E-state index is -3.65. The lowest BCUT2D eigenvalue weighted by Crippen LogP contribution is -2.23. The summed E-state index contributed by atoms with van der Waals surface area (Å²) in [5.74, 6) is 0.823. The van der Waals surface area contributed by atoms with Gasteiger partial charge in [0, 0.05) is 33.1 Å². The van der Waals surface area contributed by atoms with Gasteiger partial charge in [0.15, 0.2) is 11.5 Å². The van der Waals surface area contributed by atoms with Gasteiger partial charge < -0.3 is 14.8 Å². The second-order valence-electron chi connectivity index (χ2n) is 5.31. The van der Waals surface area contributed by atoms with Crippen LogP contribution in [-0.2, 0) is 16.4 Å². The summed E-state index contributed by atoms with van der Waals surface area (Å²) in [4.78, 5) is 0.162. The Morgan fingerprint density at radius 1 is 1.16 bits per heavy atom. The van der Waals surface area contributed by atoms with Crippen molar-refractivity contribution in [1.29, 1.82) is 0 Å². The number of hydrogen-bond donors (Lipinski definition) is 1. The molecule has 0 fully saturated rings. The predicted octanol–water partition coefficient (Wildman–Crippen LogP) is 1.83. The Labute approximate surface area is 151 Å². The van der Waals surface area contributed by atoms with E-state index in [1.54, 1.807) is 6.07 Å². The van der Waals surface area contributed by atoms with E-state index in [4.69, 9.17) is 9.47 Å². The average molecular weight is 386 g/mol. The summed E-state index contributed by atoms with van der Waals surface area (Å²) in [5, 5.41) is 12.7. The lowest BCUT2D eigenvalue weighted by molar-refractivity contribution is 0.353. The molecule has 0 bridgehead atoms. The number of methoxy groups -OCH3 is 2. The third-order valence-corrected chi connectivity index (χ3v) is 6.24. The van der Waals surface area contributed by atoms with Crippen LogP contribution >= 0.6 is 11.3 Å². The Balaban J connectivity index is 2.53. The lowest BCUT2D eigenvalue weighted by atomic mass is 10.1. The normalized spacial score (nSPS) is 11.6. The number of benzene rings is 1. The topological polar surface area (TPSA) is 93.6 Å². The zero-order valence-electron chi connectivity index (χ0n) is 14.9. The maximum atomic E-state index is 12.7. The van der Waals surface area contributed by atoms with E-state index in [1.165, 1.54) is 50.0 Å². The van der Waals surface area contributed by atoms with E-state index < -0.39 is 10.0 Å². The standard InChI is InChI=1S/C15H22N4O4S2/c1-6-16-15-18-17-14(24-15)8-10-7-11(22-4)12(23-5)9-13(10)25(20,21)19(2)3/h7,9H,6,8H2,1-5H3,(H,16,18). The van der Waals surface area contributed by atoms with Crippen LogP contribution in [0.15, 0.2) is 17.0 Å². The van der Waals surface area contributed by atoms with Crippen LogP contribution in [0, 0.1) is 0 Å². The molecule has 1 aromatic heterocycles. The highest BCUT2D eigenvalue weighted by Crippen LogP contribution is 2.35. The highest BCUT2D eigenvalue weighted by molar-refractivity contribution is 7.89.